The van der Waals surface area contributed by atoms with Gasteiger partial charge in [0, 0.05) is 25.4 Å². The molecule has 2 atom stereocenters. The molecule has 0 bridgehead atoms. The zero-order valence-electron chi connectivity index (χ0n) is 12.1. The van der Waals surface area contributed by atoms with Crippen molar-refractivity contribution in [2.45, 2.75) is 52.5 Å². The van der Waals surface area contributed by atoms with Gasteiger partial charge in [-0.1, -0.05) is 20.8 Å². The number of hydrogen-bond donors (Lipinski definition) is 2. The van der Waals surface area contributed by atoms with Crippen LogP contribution in [0.2, 0.25) is 0 Å². The highest BCUT2D eigenvalue weighted by Crippen LogP contribution is 2.31. The van der Waals surface area contributed by atoms with Crippen molar-refractivity contribution in [3.05, 3.63) is 11.3 Å². The molecular weight excluding hydrogens is 240 g/mol. The van der Waals surface area contributed by atoms with Gasteiger partial charge < -0.3 is 10.4 Å². The standard InChI is InChI=1S/C15H24N2O2/c1-4-11-5-6-16-15(17-11)14-12(18)7-10(9(2)3)8-13(14)19/h9-11,18H,4-8H2,1-3H3,(H,16,17). The third-order valence-corrected chi connectivity index (χ3v) is 4.23. The normalized spacial score (nSPS) is 28.4. The van der Waals surface area contributed by atoms with E-state index in [9.17, 15) is 9.90 Å². The molecule has 2 N–H and O–H groups in total. The minimum atomic E-state index is 0.0328. The zero-order valence-corrected chi connectivity index (χ0v) is 12.1. The Hall–Kier alpha value is -1.32. The quantitative estimate of drug-likeness (QED) is 0.823. The molecule has 0 saturated carbocycles. The molecule has 19 heavy (non-hydrogen) atoms. The Balaban J connectivity index is 2.21. The molecule has 1 aliphatic heterocycles. The summed E-state index contributed by atoms with van der Waals surface area (Å²) in [4.78, 5) is 16.7. The number of allylic oxidation sites excluding steroid dienone is 1. The van der Waals surface area contributed by atoms with Crippen LogP contribution in [0.15, 0.2) is 16.3 Å². The molecule has 2 rings (SSSR count). The van der Waals surface area contributed by atoms with Gasteiger partial charge in [0.1, 0.15) is 11.6 Å². The summed E-state index contributed by atoms with van der Waals surface area (Å²) in [6.07, 6.45) is 3.12. The van der Waals surface area contributed by atoms with Gasteiger partial charge in [-0.05, 0) is 24.7 Å². The minimum Gasteiger partial charge on any atom is -0.511 e. The highest BCUT2D eigenvalue weighted by molar-refractivity contribution is 6.22. The van der Waals surface area contributed by atoms with E-state index >= 15 is 0 Å². The second kappa shape index (κ2) is 5.76. The number of ketones is 1. The molecule has 4 nitrogen and oxygen atoms in total. The van der Waals surface area contributed by atoms with Crippen LogP contribution in [0.4, 0.5) is 0 Å². The first-order valence-corrected chi connectivity index (χ1v) is 7.29. The van der Waals surface area contributed by atoms with Crippen LogP contribution in [0.25, 0.3) is 0 Å². The predicted molar refractivity (Wildman–Crippen MR) is 76.4 cm³/mol. The van der Waals surface area contributed by atoms with Gasteiger partial charge in [0.05, 0.1) is 5.57 Å². The van der Waals surface area contributed by atoms with Crippen molar-refractivity contribution in [1.82, 2.24) is 5.32 Å². The summed E-state index contributed by atoms with van der Waals surface area (Å²) >= 11 is 0. The lowest BCUT2D eigenvalue weighted by atomic mass is 9.80. The fourth-order valence-electron chi connectivity index (χ4n) is 2.76. The maximum absolute atomic E-state index is 12.3. The van der Waals surface area contributed by atoms with Crippen LogP contribution in [0.3, 0.4) is 0 Å². The van der Waals surface area contributed by atoms with Gasteiger partial charge >= 0.3 is 0 Å². The van der Waals surface area contributed by atoms with E-state index in [0.717, 1.165) is 19.4 Å². The van der Waals surface area contributed by atoms with Gasteiger partial charge in [0.2, 0.25) is 0 Å². The number of aliphatic hydroxyl groups is 1. The van der Waals surface area contributed by atoms with Crippen molar-refractivity contribution in [3.8, 4) is 0 Å². The fraction of sp³-hybridized carbons (Fsp3) is 0.733. The maximum atomic E-state index is 12.3. The molecule has 0 saturated heterocycles. The van der Waals surface area contributed by atoms with Gasteiger partial charge in [0.25, 0.3) is 0 Å². The summed E-state index contributed by atoms with van der Waals surface area (Å²) in [6, 6.07) is 0.364. The van der Waals surface area contributed by atoms with Crippen LogP contribution < -0.4 is 5.32 Å². The number of nitrogens with zero attached hydrogens (tertiary/aromatic N) is 1. The summed E-state index contributed by atoms with van der Waals surface area (Å²) in [7, 11) is 0. The summed E-state index contributed by atoms with van der Waals surface area (Å²) in [5.41, 5.74) is 0.440. The van der Waals surface area contributed by atoms with Crippen LogP contribution in [-0.4, -0.2) is 29.3 Å². The SMILES string of the molecule is CCC1CCN=C(C2=C(O)CC(C(C)C)CC2=O)N1. The van der Waals surface area contributed by atoms with E-state index in [1.54, 1.807) is 0 Å². The summed E-state index contributed by atoms with van der Waals surface area (Å²) in [5.74, 6) is 1.53. The molecule has 1 aliphatic carbocycles. The number of aliphatic hydroxyl groups excluding tert-OH is 1. The van der Waals surface area contributed by atoms with Crippen molar-refractivity contribution in [2.24, 2.45) is 16.8 Å². The van der Waals surface area contributed by atoms with Crippen LogP contribution in [0.1, 0.15) is 46.5 Å². The highest BCUT2D eigenvalue weighted by Gasteiger charge is 2.33. The molecular formula is C15H24N2O2. The van der Waals surface area contributed by atoms with Crippen LogP contribution in [0, 0.1) is 11.8 Å². The van der Waals surface area contributed by atoms with Gasteiger partial charge in [-0.15, -0.1) is 0 Å². The third kappa shape index (κ3) is 2.99. The molecule has 0 spiro atoms. The number of carbonyl (C=O) groups is 1. The Bertz CT molecular complexity index is 424. The second-order valence-corrected chi connectivity index (χ2v) is 5.93. The molecule has 106 valence electrons. The Kier molecular flexibility index (Phi) is 4.27. The number of rotatable bonds is 3. The topological polar surface area (TPSA) is 61.7 Å². The Labute approximate surface area is 115 Å². The summed E-state index contributed by atoms with van der Waals surface area (Å²) in [5, 5.41) is 13.5. The molecule has 4 heteroatoms. The number of hydrogen-bond acceptors (Lipinski definition) is 4. The van der Waals surface area contributed by atoms with E-state index in [-0.39, 0.29) is 17.5 Å². The molecule has 2 aliphatic rings. The van der Waals surface area contributed by atoms with Crippen molar-refractivity contribution in [3.63, 3.8) is 0 Å². The van der Waals surface area contributed by atoms with Gasteiger partial charge in [-0.3, -0.25) is 9.79 Å². The maximum Gasteiger partial charge on any atom is 0.170 e. The van der Waals surface area contributed by atoms with Gasteiger partial charge in [-0.2, -0.15) is 0 Å². The van der Waals surface area contributed by atoms with Crippen molar-refractivity contribution in [1.29, 1.82) is 0 Å². The minimum absolute atomic E-state index is 0.0328. The van der Waals surface area contributed by atoms with Crippen molar-refractivity contribution >= 4 is 11.6 Å². The molecule has 0 amide bonds. The Morgan fingerprint density at radius 3 is 2.74 bits per heavy atom. The first kappa shape index (κ1) is 14.1. The molecule has 1 heterocycles. The smallest absolute Gasteiger partial charge is 0.170 e. The molecule has 0 radical (unpaired) electrons. The van der Waals surface area contributed by atoms with E-state index in [0.29, 0.717) is 36.2 Å². The molecule has 0 aromatic carbocycles. The van der Waals surface area contributed by atoms with E-state index in [4.69, 9.17) is 0 Å². The average molecular weight is 264 g/mol. The lowest BCUT2D eigenvalue weighted by Crippen LogP contribution is -2.42. The Morgan fingerprint density at radius 2 is 2.16 bits per heavy atom. The lowest BCUT2D eigenvalue weighted by Gasteiger charge is -2.30. The number of aliphatic imine (C=N–C) groups is 1. The molecule has 0 fully saturated rings. The Morgan fingerprint density at radius 1 is 1.42 bits per heavy atom. The van der Waals surface area contributed by atoms with Crippen LogP contribution in [0.5, 0.6) is 0 Å². The van der Waals surface area contributed by atoms with Gasteiger partial charge in [-0.25, -0.2) is 0 Å². The first-order chi connectivity index (χ1) is 9.02. The molecule has 2 unspecified atom stereocenters. The monoisotopic (exact) mass is 264 g/mol. The second-order valence-electron chi connectivity index (χ2n) is 5.93. The number of Topliss-reactive ketones (excluding diaryl/α,β-unsaturated/α-hetero) is 1. The van der Waals surface area contributed by atoms with E-state index in [1.807, 2.05) is 0 Å². The fourth-order valence-corrected chi connectivity index (χ4v) is 2.76. The highest BCUT2D eigenvalue weighted by atomic mass is 16.3. The number of carbonyl (C=O) groups excluding carboxylic acids is 1. The predicted octanol–water partition coefficient (Wildman–Crippen LogP) is 2.60. The largest absolute Gasteiger partial charge is 0.511 e. The van der Waals surface area contributed by atoms with Crippen molar-refractivity contribution < 1.29 is 9.90 Å². The number of amidine groups is 1. The average Bonchev–Trinajstić information content (AvgIpc) is 2.38. The van der Waals surface area contributed by atoms with Gasteiger partial charge in [0.15, 0.2) is 5.78 Å². The molecule has 0 aromatic rings. The summed E-state index contributed by atoms with van der Waals surface area (Å²) in [6.45, 7) is 7.05. The lowest BCUT2D eigenvalue weighted by molar-refractivity contribution is -0.117. The van der Waals surface area contributed by atoms with E-state index < -0.39 is 0 Å². The summed E-state index contributed by atoms with van der Waals surface area (Å²) < 4.78 is 0. The van der Waals surface area contributed by atoms with Crippen LogP contribution in [-0.2, 0) is 4.79 Å². The van der Waals surface area contributed by atoms with E-state index in [1.165, 1.54) is 0 Å². The van der Waals surface area contributed by atoms with Crippen molar-refractivity contribution in [2.75, 3.05) is 6.54 Å². The zero-order chi connectivity index (χ0) is 14.0. The first-order valence-electron chi connectivity index (χ1n) is 7.29. The molecule has 0 aromatic heterocycles. The third-order valence-electron chi connectivity index (χ3n) is 4.23. The number of nitrogens with one attached hydrogen (secondary N) is 1. The van der Waals surface area contributed by atoms with Crippen LogP contribution >= 0.6 is 0 Å². The van der Waals surface area contributed by atoms with E-state index in [2.05, 4.69) is 31.1 Å².